The van der Waals surface area contributed by atoms with Gasteiger partial charge in [0.25, 0.3) is 0 Å². The van der Waals surface area contributed by atoms with Gasteiger partial charge in [0.15, 0.2) is 6.23 Å². The molecule has 0 aromatic heterocycles. The predicted octanol–water partition coefficient (Wildman–Crippen LogP) is -0.898. The Balaban J connectivity index is 2.10. The smallest absolute Gasteiger partial charge is 0.387 e. The van der Waals surface area contributed by atoms with E-state index in [4.69, 9.17) is 14.5 Å². The van der Waals surface area contributed by atoms with Gasteiger partial charge < -0.3 is 34.9 Å². The Bertz CT molecular complexity index is 717. The van der Waals surface area contributed by atoms with Crippen LogP contribution < -0.4 is 5.32 Å². The molecule has 2 amide bonds. The first-order valence-electron chi connectivity index (χ1n) is 6.99. The van der Waals surface area contributed by atoms with Gasteiger partial charge in [0.2, 0.25) is 0 Å². The molecule has 13 nitrogen and oxygen atoms in total. The molecule has 0 saturated carbocycles. The van der Waals surface area contributed by atoms with Crippen LogP contribution in [0.25, 0.3) is 0 Å². The van der Waals surface area contributed by atoms with E-state index < -0.39 is 52.3 Å². The first-order valence-corrected chi connectivity index (χ1v) is 10.0. The molecule has 0 radical (unpaired) electrons. The maximum atomic E-state index is 12.0. The summed E-state index contributed by atoms with van der Waals surface area (Å²) in [5.41, 5.74) is -1.71. The zero-order chi connectivity index (χ0) is 19.9. The van der Waals surface area contributed by atoms with Crippen molar-refractivity contribution in [1.29, 1.82) is 0 Å². The number of urea groups is 1. The molecule has 2 rings (SSSR count). The van der Waals surface area contributed by atoms with E-state index in [2.05, 4.69) is 20.7 Å². The molecular weight excluding hydrogens is 398 g/mol. The molecule has 2 aliphatic rings. The number of allylic oxidation sites excluding steroid dienone is 1. The van der Waals surface area contributed by atoms with Crippen LogP contribution in [0.5, 0.6) is 0 Å². The number of ether oxygens (including phenoxy) is 1. The SMILES string of the molecule is C=C1C=CN([C@@H]2OC(COP(=O)(O)OP(=O)(O)O)C(O)[C@@]2(C)O)C(=O)N1. The molecule has 1 saturated heterocycles. The van der Waals surface area contributed by atoms with Crippen LogP contribution >= 0.6 is 15.6 Å². The number of carbonyl (C=O) groups excluding carboxylic acids is 1. The Kier molecular flexibility index (Phi) is 5.81. The van der Waals surface area contributed by atoms with Crippen LogP contribution in [0.1, 0.15) is 6.92 Å². The molecule has 6 N–H and O–H groups in total. The van der Waals surface area contributed by atoms with Crippen molar-refractivity contribution in [1.82, 2.24) is 10.2 Å². The van der Waals surface area contributed by atoms with Crippen molar-refractivity contribution in [2.75, 3.05) is 6.61 Å². The van der Waals surface area contributed by atoms with E-state index in [1.807, 2.05) is 0 Å². The number of aliphatic hydroxyl groups is 2. The second-order valence-corrected chi connectivity index (χ2v) is 8.54. The van der Waals surface area contributed by atoms with E-state index in [1.54, 1.807) is 0 Å². The van der Waals surface area contributed by atoms with Crippen molar-refractivity contribution in [3.05, 3.63) is 24.6 Å². The monoisotopic (exact) mass is 416 g/mol. The van der Waals surface area contributed by atoms with Crippen LogP contribution in [0.15, 0.2) is 24.6 Å². The van der Waals surface area contributed by atoms with E-state index >= 15 is 0 Å². The number of nitrogens with one attached hydrogen (secondary N) is 1. The van der Waals surface area contributed by atoms with Crippen molar-refractivity contribution in [3.8, 4) is 0 Å². The lowest BCUT2D eigenvalue weighted by atomic mass is 9.96. The zero-order valence-corrected chi connectivity index (χ0v) is 15.1. The molecule has 0 spiro atoms. The van der Waals surface area contributed by atoms with Crippen LogP contribution in [0.2, 0.25) is 0 Å². The molecule has 0 bridgehead atoms. The molecule has 0 aliphatic carbocycles. The summed E-state index contributed by atoms with van der Waals surface area (Å²) in [7, 11) is -10.5. The van der Waals surface area contributed by atoms with E-state index in [-0.39, 0.29) is 0 Å². The molecule has 148 valence electrons. The van der Waals surface area contributed by atoms with Crippen LogP contribution in [-0.4, -0.2) is 66.5 Å². The van der Waals surface area contributed by atoms with Gasteiger partial charge in [-0.2, -0.15) is 4.31 Å². The first kappa shape index (κ1) is 21.2. The first-order chi connectivity index (χ1) is 11.7. The Morgan fingerprint density at radius 2 is 2.04 bits per heavy atom. The van der Waals surface area contributed by atoms with Gasteiger partial charge in [-0.1, -0.05) is 6.58 Å². The summed E-state index contributed by atoms with van der Waals surface area (Å²) in [6, 6.07) is -0.700. The average molecular weight is 416 g/mol. The molecule has 2 aliphatic heterocycles. The topological polar surface area (TPSA) is 195 Å². The second-order valence-electron chi connectivity index (χ2n) is 5.71. The quantitative estimate of drug-likeness (QED) is 0.294. The van der Waals surface area contributed by atoms with Gasteiger partial charge in [0.05, 0.1) is 6.61 Å². The molecule has 15 heteroatoms. The highest BCUT2D eigenvalue weighted by Crippen LogP contribution is 2.57. The number of nitrogens with zero attached hydrogens (tertiary/aromatic N) is 1. The number of phosphoric ester groups is 1. The highest BCUT2D eigenvalue weighted by Gasteiger charge is 2.56. The van der Waals surface area contributed by atoms with Gasteiger partial charge in [-0.25, -0.2) is 13.9 Å². The minimum absolute atomic E-state index is 0.292. The number of aliphatic hydroxyl groups excluding tert-OH is 1. The van der Waals surface area contributed by atoms with Crippen molar-refractivity contribution in [3.63, 3.8) is 0 Å². The predicted molar refractivity (Wildman–Crippen MR) is 82.8 cm³/mol. The largest absolute Gasteiger partial charge is 0.481 e. The van der Waals surface area contributed by atoms with E-state index in [0.717, 1.165) is 11.8 Å². The summed E-state index contributed by atoms with van der Waals surface area (Å²) in [5.74, 6) is 0. The molecule has 2 heterocycles. The Labute approximate surface area is 147 Å². The third-order valence-electron chi connectivity index (χ3n) is 3.56. The number of carbonyl (C=O) groups is 1. The molecule has 3 unspecified atom stereocenters. The molecule has 26 heavy (non-hydrogen) atoms. The lowest BCUT2D eigenvalue weighted by Gasteiger charge is -2.35. The summed E-state index contributed by atoms with van der Waals surface area (Å²) in [5, 5.41) is 23.0. The van der Waals surface area contributed by atoms with Gasteiger partial charge in [-0.3, -0.25) is 9.42 Å². The Hall–Kier alpha value is -1.11. The summed E-state index contributed by atoms with van der Waals surface area (Å²) in [4.78, 5) is 39.2. The second kappa shape index (κ2) is 7.13. The number of hydrogen-bond acceptors (Lipinski definition) is 8. The fourth-order valence-electron chi connectivity index (χ4n) is 2.37. The van der Waals surface area contributed by atoms with Gasteiger partial charge in [-0.05, 0) is 13.0 Å². The van der Waals surface area contributed by atoms with Crippen molar-refractivity contribution in [2.24, 2.45) is 0 Å². The summed E-state index contributed by atoms with van der Waals surface area (Å²) < 4.78 is 35.4. The molecule has 0 aromatic carbocycles. The zero-order valence-electron chi connectivity index (χ0n) is 13.3. The third kappa shape index (κ3) is 4.78. The van der Waals surface area contributed by atoms with Crippen molar-refractivity contribution < 1.29 is 52.4 Å². The maximum absolute atomic E-state index is 12.0. The highest BCUT2D eigenvalue weighted by atomic mass is 31.3. The van der Waals surface area contributed by atoms with Crippen LogP contribution in [-0.2, 0) is 22.7 Å². The van der Waals surface area contributed by atoms with Crippen molar-refractivity contribution in [2.45, 2.75) is 31.0 Å². The number of hydrogen-bond donors (Lipinski definition) is 6. The van der Waals surface area contributed by atoms with Crippen LogP contribution in [0.3, 0.4) is 0 Å². The molecular formula is C11H18N2O11P2. The van der Waals surface area contributed by atoms with Gasteiger partial charge in [0.1, 0.15) is 17.8 Å². The fraction of sp³-hybridized carbons (Fsp3) is 0.545. The molecule has 0 aromatic rings. The Morgan fingerprint density at radius 3 is 2.58 bits per heavy atom. The molecule has 1 fully saturated rings. The van der Waals surface area contributed by atoms with Crippen LogP contribution in [0, 0.1) is 0 Å². The average Bonchev–Trinajstić information content (AvgIpc) is 2.66. The third-order valence-corrected chi connectivity index (χ3v) is 5.71. The summed E-state index contributed by atoms with van der Waals surface area (Å²) in [6.45, 7) is 3.82. The van der Waals surface area contributed by atoms with Gasteiger partial charge in [-0.15, -0.1) is 0 Å². The normalized spacial score (nSPS) is 34.7. The minimum atomic E-state index is -5.31. The standard InChI is InChI=1S/C11H18N2O11P2/c1-6-3-4-13(10(15)12-6)9-11(2,16)8(14)7(23-9)5-22-26(20,21)24-25(17,18)19/h3-4,7-9,14,16H,1,5H2,2H3,(H,12,15)(H,20,21)(H2,17,18,19)/t7?,8?,9-,11-/m1/s1. The lowest BCUT2D eigenvalue weighted by Crippen LogP contribution is -2.55. The van der Waals surface area contributed by atoms with Crippen LogP contribution in [0.4, 0.5) is 4.79 Å². The number of amides is 2. The minimum Gasteiger partial charge on any atom is -0.387 e. The van der Waals surface area contributed by atoms with E-state index in [1.165, 1.54) is 12.3 Å². The maximum Gasteiger partial charge on any atom is 0.481 e. The van der Waals surface area contributed by atoms with E-state index in [9.17, 15) is 29.0 Å². The highest BCUT2D eigenvalue weighted by molar-refractivity contribution is 7.60. The lowest BCUT2D eigenvalue weighted by molar-refractivity contribution is -0.106. The van der Waals surface area contributed by atoms with Gasteiger partial charge in [0, 0.05) is 11.9 Å². The Morgan fingerprint density at radius 1 is 1.42 bits per heavy atom. The number of rotatable bonds is 6. The van der Waals surface area contributed by atoms with Crippen molar-refractivity contribution >= 4 is 21.7 Å². The summed E-state index contributed by atoms with van der Waals surface area (Å²) in [6.07, 6.45) is -1.82. The molecule has 5 atom stereocenters. The fourth-order valence-corrected chi connectivity index (χ4v) is 3.97. The van der Waals surface area contributed by atoms with Gasteiger partial charge >= 0.3 is 21.7 Å². The summed E-state index contributed by atoms with van der Waals surface area (Å²) >= 11 is 0. The van der Waals surface area contributed by atoms with E-state index in [0.29, 0.717) is 5.70 Å². The number of phosphoric acid groups is 2.